The Morgan fingerprint density at radius 1 is 1.09 bits per heavy atom. The summed E-state index contributed by atoms with van der Waals surface area (Å²) in [6.07, 6.45) is -0.607. The number of rotatable bonds is 7. The number of nitrogens with zero attached hydrogens (tertiary/aromatic N) is 1. The third-order valence-corrected chi connectivity index (χ3v) is 5.45. The van der Waals surface area contributed by atoms with Crippen LogP contribution in [0.1, 0.15) is 56.2 Å². The maximum absolute atomic E-state index is 13.6. The van der Waals surface area contributed by atoms with Crippen LogP contribution in [0.15, 0.2) is 47.3 Å². The van der Waals surface area contributed by atoms with E-state index in [2.05, 4.69) is 5.32 Å². The van der Waals surface area contributed by atoms with Gasteiger partial charge in [-0.2, -0.15) is 0 Å². The molecule has 0 unspecified atom stereocenters. The maximum atomic E-state index is 13.6. The van der Waals surface area contributed by atoms with Crippen LogP contribution in [0, 0.1) is 5.92 Å². The molecule has 0 bridgehead atoms. The predicted octanol–water partition coefficient (Wildman–Crippen LogP) is 4.51. The number of carbonyl (C=O) groups is 2. The van der Waals surface area contributed by atoms with Gasteiger partial charge in [0.2, 0.25) is 0 Å². The zero-order chi connectivity index (χ0) is 25.9. The fourth-order valence-electron chi connectivity index (χ4n) is 3.97. The fourth-order valence-corrected chi connectivity index (χ4v) is 3.97. The number of benzene rings is 2. The predicted molar refractivity (Wildman–Crippen MR) is 136 cm³/mol. The summed E-state index contributed by atoms with van der Waals surface area (Å²) >= 11 is 0. The van der Waals surface area contributed by atoms with Crippen LogP contribution in [-0.2, 0) is 24.4 Å². The molecule has 0 aliphatic carbocycles. The molecule has 0 radical (unpaired) electrons. The quantitative estimate of drug-likeness (QED) is 0.458. The van der Waals surface area contributed by atoms with Crippen molar-refractivity contribution in [1.29, 1.82) is 0 Å². The monoisotopic (exact) mass is 479 g/mol. The average Bonchev–Trinajstić information content (AvgIpc) is 2.78. The average molecular weight is 480 g/mol. The molecule has 186 valence electrons. The lowest BCUT2D eigenvalue weighted by Crippen LogP contribution is -2.35. The number of aromatic carboxylic acids is 1. The van der Waals surface area contributed by atoms with E-state index in [9.17, 15) is 19.5 Å². The number of nitrogens with one attached hydrogen (secondary N) is 1. The molecule has 1 heterocycles. The van der Waals surface area contributed by atoms with Crippen molar-refractivity contribution in [3.05, 3.63) is 69.6 Å². The molecule has 8 heteroatoms. The summed E-state index contributed by atoms with van der Waals surface area (Å²) in [6.45, 7) is 10.2. The van der Waals surface area contributed by atoms with Gasteiger partial charge in [-0.3, -0.25) is 4.79 Å². The molecule has 8 nitrogen and oxygen atoms in total. The molecule has 1 aromatic heterocycles. The van der Waals surface area contributed by atoms with Gasteiger partial charge in [-0.1, -0.05) is 38.1 Å². The van der Waals surface area contributed by atoms with Gasteiger partial charge in [0.25, 0.3) is 5.56 Å². The molecular formula is C27H33N3O5. The Morgan fingerprint density at radius 3 is 2.29 bits per heavy atom. The highest BCUT2D eigenvalue weighted by Gasteiger charge is 2.22. The number of alkyl carbamates (subject to hydrolysis) is 1. The highest BCUT2D eigenvalue weighted by molar-refractivity contribution is 6.01. The van der Waals surface area contributed by atoms with E-state index in [-0.39, 0.29) is 23.6 Å². The Labute approximate surface area is 204 Å². The van der Waals surface area contributed by atoms with Gasteiger partial charge in [-0.05, 0) is 61.4 Å². The second-order valence-corrected chi connectivity index (χ2v) is 9.95. The van der Waals surface area contributed by atoms with E-state index < -0.39 is 17.7 Å². The molecule has 0 spiro atoms. The minimum absolute atomic E-state index is 0.0259. The number of amides is 1. The molecule has 1 amide bonds. The van der Waals surface area contributed by atoms with Crippen molar-refractivity contribution < 1.29 is 19.4 Å². The Bertz CT molecular complexity index is 1300. The normalized spacial score (nSPS) is 11.6. The summed E-state index contributed by atoms with van der Waals surface area (Å²) in [5.74, 6) is -0.938. The highest BCUT2D eigenvalue weighted by atomic mass is 16.6. The number of nitrogens with two attached hydrogens (primary N) is 1. The summed E-state index contributed by atoms with van der Waals surface area (Å²) in [6, 6.07) is 12.1. The lowest BCUT2D eigenvalue weighted by atomic mass is 9.94. The molecule has 0 aliphatic rings. The molecule has 3 aromatic rings. The lowest BCUT2D eigenvalue weighted by Gasteiger charge is -2.23. The molecule has 4 N–H and O–H groups in total. The standard InChI is InChI=1S/C27H33N3O5/c1-16(2)15-30-22(14-29-26(34)35-27(3,4)5)23(18-8-6-17(13-28)7-9-18)21-12-19(25(32)33)10-11-20(21)24(30)31/h6-12,16H,13-15,28H2,1-5H3,(H,29,34)(H,32,33). The van der Waals surface area contributed by atoms with E-state index in [4.69, 9.17) is 10.5 Å². The summed E-state index contributed by atoms with van der Waals surface area (Å²) in [4.78, 5) is 37.8. The summed E-state index contributed by atoms with van der Waals surface area (Å²) < 4.78 is 7.06. The van der Waals surface area contributed by atoms with Gasteiger partial charge < -0.3 is 25.5 Å². The van der Waals surface area contributed by atoms with Crippen molar-refractivity contribution in [3.63, 3.8) is 0 Å². The molecule has 0 aliphatic heterocycles. The number of hydrogen-bond acceptors (Lipinski definition) is 5. The van der Waals surface area contributed by atoms with Gasteiger partial charge in [0.1, 0.15) is 5.60 Å². The van der Waals surface area contributed by atoms with Gasteiger partial charge in [0.05, 0.1) is 12.1 Å². The molecule has 0 fully saturated rings. The lowest BCUT2D eigenvalue weighted by molar-refractivity contribution is 0.0521. The van der Waals surface area contributed by atoms with Gasteiger partial charge in [-0.25, -0.2) is 9.59 Å². The van der Waals surface area contributed by atoms with Crippen molar-refractivity contribution in [2.24, 2.45) is 11.7 Å². The number of carboxylic acids is 1. The number of pyridine rings is 1. The second-order valence-electron chi connectivity index (χ2n) is 9.95. The highest BCUT2D eigenvalue weighted by Crippen LogP contribution is 2.32. The number of aromatic nitrogens is 1. The van der Waals surface area contributed by atoms with E-state index in [1.807, 2.05) is 38.1 Å². The van der Waals surface area contributed by atoms with Crippen LogP contribution in [0.2, 0.25) is 0 Å². The van der Waals surface area contributed by atoms with Gasteiger partial charge in [0.15, 0.2) is 0 Å². The third kappa shape index (κ3) is 6.08. The van der Waals surface area contributed by atoms with Crippen molar-refractivity contribution in [1.82, 2.24) is 9.88 Å². The topological polar surface area (TPSA) is 124 Å². The first-order chi connectivity index (χ1) is 16.4. The largest absolute Gasteiger partial charge is 0.478 e. The van der Waals surface area contributed by atoms with Crippen LogP contribution in [-0.4, -0.2) is 27.3 Å². The van der Waals surface area contributed by atoms with E-state index >= 15 is 0 Å². The van der Waals surface area contributed by atoms with Crippen LogP contribution >= 0.6 is 0 Å². The molecule has 2 aromatic carbocycles. The van der Waals surface area contributed by atoms with Crippen molar-refractivity contribution >= 4 is 22.8 Å². The molecule has 0 saturated heterocycles. The molecule has 3 rings (SSSR count). The van der Waals surface area contributed by atoms with E-state index in [0.717, 1.165) is 11.1 Å². The smallest absolute Gasteiger partial charge is 0.407 e. The first-order valence-electron chi connectivity index (χ1n) is 11.6. The summed E-state index contributed by atoms with van der Waals surface area (Å²) in [7, 11) is 0. The molecule has 35 heavy (non-hydrogen) atoms. The van der Waals surface area contributed by atoms with Crippen LogP contribution in [0.3, 0.4) is 0 Å². The van der Waals surface area contributed by atoms with Crippen LogP contribution in [0.5, 0.6) is 0 Å². The Hall–Kier alpha value is -3.65. The second kappa shape index (κ2) is 10.3. The Morgan fingerprint density at radius 2 is 1.74 bits per heavy atom. The fraction of sp³-hybridized carbons (Fsp3) is 0.370. The van der Waals surface area contributed by atoms with Crippen molar-refractivity contribution in [2.75, 3.05) is 0 Å². The van der Waals surface area contributed by atoms with Gasteiger partial charge in [0, 0.05) is 29.7 Å². The number of ether oxygens (including phenoxy) is 1. The zero-order valence-electron chi connectivity index (χ0n) is 20.8. The molecule has 0 atom stereocenters. The van der Waals surface area contributed by atoms with Crippen LogP contribution < -0.4 is 16.6 Å². The van der Waals surface area contributed by atoms with Crippen LogP contribution in [0.4, 0.5) is 4.79 Å². The summed E-state index contributed by atoms with van der Waals surface area (Å²) in [5.41, 5.74) is 7.90. The van der Waals surface area contributed by atoms with Crippen LogP contribution in [0.25, 0.3) is 21.9 Å². The van der Waals surface area contributed by atoms with E-state index in [1.165, 1.54) is 12.1 Å². The Kier molecular flexibility index (Phi) is 7.65. The zero-order valence-corrected chi connectivity index (χ0v) is 20.8. The van der Waals surface area contributed by atoms with E-state index in [1.54, 1.807) is 31.4 Å². The molecular weight excluding hydrogens is 446 g/mol. The number of carbonyl (C=O) groups excluding carboxylic acids is 1. The van der Waals surface area contributed by atoms with Gasteiger partial charge >= 0.3 is 12.1 Å². The number of hydrogen-bond donors (Lipinski definition) is 3. The maximum Gasteiger partial charge on any atom is 0.407 e. The summed E-state index contributed by atoms with van der Waals surface area (Å²) in [5, 5.41) is 13.3. The minimum Gasteiger partial charge on any atom is -0.478 e. The Balaban J connectivity index is 2.32. The SMILES string of the molecule is CC(C)Cn1c(CNC(=O)OC(C)(C)C)c(-c2ccc(CN)cc2)c2cc(C(=O)O)ccc2c1=O. The third-order valence-electron chi connectivity index (χ3n) is 5.45. The number of fused-ring (bicyclic) bond motifs is 1. The van der Waals surface area contributed by atoms with Crippen molar-refractivity contribution in [3.8, 4) is 11.1 Å². The first kappa shape index (κ1) is 26.0. The first-order valence-corrected chi connectivity index (χ1v) is 11.6. The van der Waals surface area contributed by atoms with Crippen molar-refractivity contribution in [2.45, 2.75) is 59.9 Å². The molecule has 0 saturated carbocycles. The van der Waals surface area contributed by atoms with Gasteiger partial charge in [-0.15, -0.1) is 0 Å². The number of carboxylic acid groups (broad SMARTS) is 1. The minimum atomic E-state index is -1.09. The van der Waals surface area contributed by atoms with E-state index in [0.29, 0.717) is 35.1 Å².